The minimum atomic E-state index is -4.87. The number of nitrogens with zero attached hydrogens (tertiary/aromatic N) is 1. The lowest BCUT2D eigenvalue weighted by atomic mass is 9.78. The zero-order chi connectivity index (χ0) is 33.2. The minimum Gasteiger partial charge on any atom is -0.406 e. The smallest absolute Gasteiger partial charge is 0.406 e. The molecule has 2 aromatic carbocycles. The molecular formula is C32H38F6N2O6. The van der Waals surface area contributed by atoms with E-state index >= 15 is 0 Å². The second-order valence-corrected chi connectivity index (χ2v) is 12.4. The number of alkyl halides is 6. The molecule has 8 nitrogen and oxygen atoms in total. The maximum absolute atomic E-state index is 14.0. The van der Waals surface area contributed by atoms with Gasteiger partial charge in [0.1, 0.15) is 11.9 Å². The van der Waals surface area contributed by atoms with Crippen LogP contribution in [0.5, 0.6) is 5.75 Å². The minimum absolute atomic E-state index is 0.0408. The highest BCUT2D eigenvalue weighted by molar-refractivity contribution is 5.85. The number of fused-ring (bicyclic) bond motifs is 1. The molecular weight excluding hydrogens is 622 g/mol. The molecule has 1 unspecified atom stereocenters. The molecule has 0 bridgehead atoms. The molecule has 5 rings (SSSR count). The Morgan fingerprint density at radius 2 is 1.65 bits per heavy atom. The third kappa shape index (κ3) is 8.91. The topological polar surface area (TPSA) is 78.5 Å². The molecule has 1 amide bonds. The lowest BCUT2D eigenvalue weighted by Crippen LogP contribution is -2.60. The van der Waals surface area contributed by atoms with Crippen LogP contribution in [-0.4, -0.2) is 73.0 Å². The molecule has 4 atom stereocenters. The van der Waals surface area contributed by atoms with Crippen molar-refractivity contribution in [3.05, 3.63) is 65.2 Å². The van der Waals surface area contributed by atoms with Gasteiger partial charge in [-0.05, 0) is 75.2 Å². The van der Waals surface area contributed by atoms with Crippen molar-refractivity contribution in [3.63, 3.8) is 0 Å². The Morgan fingerprint density at radius 1 is 0.957 bits per heavy atom. The highest BCUT2D eigenvalue weighted by atomic mass is 19.4. The van der Waals surface area contributed by atoms with Gasteiger partial charge in [0, 0.05) is 25.9 Å². The molecule has 3 fully saturated rings. The summed E-state index contributed by atoms with van der Waals surface area (Å²) >= 11 is 0. The lowest BCUT2D eigenvalue weighted by Gasteiger charge is -2.43. The number of carbonyl (C=O) groups excluding carboxylic acids is 1. The summed E-state index contributed by atoms with van der Waals surface area (Å²) < 4.78 is 107. The maximum Gasteiger partial charge on any atom is 0.573 e. The first kappa shape index (κ1) is 34.4. The standard InChI is InChI=1S/C32H38F6N2O6/c1-29(2)45-26-18-30(28(41)39-11-14-40-12-3-4-13-40,43-20-21-7-5-9-23(15-21)31(33,34)35)17-25(27(26)46-29)42-19-22-8-6-10-24(16-22)44-32(36,37)38/h5-10,15-16,25-27H,3-4,11-14,17-20H2,1-2H3,(H,39,41)/t25?,26-,27+,30-/m1/s1. The number of hydrogen-bond acceptors (Lipinski definition) is 7. The number of likely N-dealkylation sites (tertiary alicyclic amines) is 1. The summed E-state index contributed by atoms with van der Waals surface area (Å²) in [7, 11) is 0. The van der Waals surface area contributed by atoms with Crippen LogP contribution in [0.25, 0.3) is 0 Å². The zero-order valence-corrected chi connectivity index (χ0v) is 25.6. The van der Waals surface area contributed by atoms with Crippen molar-refractivity contribution in [2.24, 2.45) is 0 Å². The second kappa shape index (κ2) is 13.7. The fraction of sp³-hybridized carbons (Fsp3) is 0.594. The Morgan fingerprint density at radius 3 is 2.35 bits per heavy atom. The number of nitrogens with one attached hydrogen (secondary N) is 1. The first-order valence-electron chi connectivity index (χ1n) is 15.2. The Labute approximate surface area is 263 Å². The van der Waals surface area contributed by atoms with Crippen LogP contribution < -0.4 is 10.1 Å². The average Bonchev–Trinajstić information content (AvgIpc) is 3.60. The van der Waals surface area contributed by atoms with Crippen molar-refractivity contribution in [3.8, 4) is 5.75 Å². The van der Waals surface area contributed by atoms with E-state index in [1.807, 2.05) is 0 Å². The van der Waals surface area contributed by atoms with Crippen molar-refractivity contribution in [1.82, 2.24) is 10.2 Å². The fourth-order valence-corrected chi connectivity index (χ4v) is 6.30. The quantitative estimate of drug-likeness (QED) is 0.298. The average molecular weight is 661 g/mol. The molecule has 0 aromatic heterocycles. The first-order valence-corrected chi connectivity index (χ1v) is 15.2. The van der Waals surface area contributed by atoms with Crippen molar-refractivity contribution < 1.29 is 54.8 Å². The summed E-state index contributed by atoms with van der Waals surface area (Å²) in [5, 5.41) is 2.96. The summed E-state index contributed by atoms with van der Waals surface area (Å²) in [4.78, 5) is 16.2. The number of amides is 1. The van der Waals surface area contributed by atoms with Crippen molar-refractivity contribution in [2.45, 2.75) is 95.0 Å². The van der Waals surface area contributed by atoms with E-state index in [2.05, 4.69) is 15.0 Å². The molecule has 0 radical (unpaired) electrons. The number of carbonyl (C=O) groups is 1. The SMILES string of the molecule is CC1(C)O[C@@H]2C[C@@](OCc3cccc(C(F)(F)F)c3)(C(=O)NCCN3CCCC3)CC(OCc3cccc(OC(F)(F)F)c3)[C@@H]2O1. The monoisotopic (exact) mass is 660 g/mol. The van der Waals surface area contributed by atoms with Gasteiger partial charge >= 0.3 is 12.5 Å². The molecule has 1 aliphatic carbocycles. The number of rotatable bonds is 11. The van der Waals surface area contributed by atoms with Gasteiger partial charge in [-0.1, -0.05) is 24.3 Å². The van der Waals surface area contributed by atoms with Gasteiger partial charge in [0.15, 0.2) is 11.4 Å². The number of halogens is 6. The summed E-state index contributed by atoms with van der Waals surface area (Å²) in [5.74, 6) is -1.91. The van der Waals surface area contributed by atoms with Gasteiger partial charge < -0.3 is 33.9 Å². The van der Waals surface area contributed by atoms with Crippen LogP contribution in [0.3, 0.4) is 0 Å². The van der Waals surface area contributed by atoms with E-state index in [-0.39, 0.29) is 31.6 Å². The maximum atomic E-state index is 14.0. The predicted octanol–water partition coefficient (Wildman–Crippen LogP) is 5.97. The molecule has 1 saturated carbocycles. The number of ether oxygens (including phenoxy) is 5. The highest BCUT2D eigenvalue weighted by Gasteiger charge is 2.58. The van der Waals surface area contributed by atoms with E-state index in [1.165, 1.54) is 30.3 Å². The van der Waals surface area contributed by atoms with Crippen LogP contribution in [0.15, 0.2) is 48.5 Å². The van der Waals surface area contributed by atoms with Gasteiger partial charge in [0.2, 0.25) is 0 Å². The third-order valence-electron chi connectivity index (χ3n) is 8.34. The summed E-state index contributed by atoms with van der Waals surface area (Å²) in [6.07, 6.45) is -9.40. The van der Waals surface area contributed by atoms with E-state index in [1.54, 1.807) is 19.9 Å². The molecule has 2 aromatic rings. The highest BCUT2D eigenvalue weighted by Crippen LogP contribution is 2.44. The van der Waals surface area contributed by atoms with Gasteiger partial charge in [-0.15, -0.1) is 13.2 Å². The van der Waals surface area contributed by atoms with Crippen LogP contribution in [-0.2, 0) is 43.1 Å². The zero-order valence-electron chi connectivity index (χ0n) is 25.6. The summed E-state index contributed by atoms with van der Waals surface area (Å²) in [6.45, 7) is 5.81. The summed E-state index contributed by atoms with van der Waals surface area (Å²) in [5.41, 5.74) is -1.80. The largest absolute Gasteiger partial charge is 0.573 e. The Bertz CT molecular complexity index is 1350. The Kier molecular flexibility index (Phi) is 10.2. The summed E-state index contributed by atoms with van der Waals surface area (Å²) in [6, 6.07) is 10.0. The van der Waals surface area contributed by atoms with Gasteiger partial charge in [0.05, 0.1) is 31.0 Å². The van der Waals surface area contributed by atoms with E-state index in [0.29, 0.717) is 18.7 Å². The van der Waals surface area contributed by atoms with Crippen LogP contribution in [0.2, 0.25) is 0 Å². The third-order valence-corrected chi connectivity index (χ3v) is 8.34. The van der Waals surface area contributed by atoms with E-state index in [4.69, 9.17) is 18.9 Å². The molecule has 3 aliphatic rings. The van der Waals surface area contributed by atoms with Crippen LogP contribution in [0, 0.1) is 0 Å². The lowest BCUT2D eigenvalue weighted by molar-refractivity contribution is -0.274. The Balaban J connectivity index is 1.38. The molecule has 2 aliphatic heterocycles. The van der Waals surface area contributed by atoms with Gasteiger partial charge in [-0.2, -0.15) is 13.2 Å². The van der Waals surface area contributed by atoms with Crippen molar-refractivity contribution >= 4 is 5.91 Å². The van der Waals surface area contributed by atoms with Gasteiger partial charge in [-0.25, -0.2) is 0 Å². The predicted molar refractivity (Wildman–Crippen MR) is 152 cm³/mol. The molecule has 1 N–H and O–H groups in total. The second-order valence-electron chi connectivity index (χ2n) is 12.4. The van der Waals surface area contributed by atoms with Crippen molar-refractivity contribution in [2.75, 3.05) is 26.2 Å². The van der Waals surface area contributed by atoms with Crippen LogP contribution >= 0.6 is 0 Å². The van der Waals surface area contributed by atoms with Gasteiger partial charge in [-0.3, -0.25) is 4.79 Å². The normalized spacial score (nSPS) is 26.6. The molecule has 2 saturated heterocycles. The molecule has 254 valence electrons. The molecule has 2 heterocycles. The van der Waals surface area contributed by atoms with Crippen LogP contribution in [0.4, 0.5) is 26.3 Å². The number of hydrogen-bond donors (Lipinski definition) is 1. The van der Waals surface area contributed by atoms with Crippen molar-refractivity contribution in [1.29, 1.82) is 0 Å². The molecule has 46 heavy (non-hydrogen) atoms. The van der Waals surface area contributed by atoms with E-state index in [0.717, 1.165) is 38.1 Å². The molecule has 0 spiro atoms. The van der Waals surface area contributed by atoms with Gasteiger partial charge in [0.25, 0.3) is 5.91 Å². The van der Waals surface area contributed by atoms with Crippen LogP contribution in [0.1, 0.15) is 56.2 Å². The molecule has 14 heteroatoms. The fourth-order valence-electron chi connectivity index (χ4n) is 6.30. The number of benzene rings is 2. The van der Waals surface area contributed by atoms with E-state index in [9.17, 15) is 31.1 Å². The first-order chi connectivity index (χ1) is 21.6. The van der Waals surface area contributed by atoms with E-state index < -0.39 is 59.5 Å². The Hall–Kier alpha value is -2.91.